The average molecular weight is 207 g/mol. The van der Waals surface area contributed by atoms with E-state index in [-0.39, 0.29) is 5.70 Å². The van der Waals surface area contributed by atoms with E-state index in [2.05, 4.69) is 0 Å². The number of hydrogen-bond donors (Lipinski definition) is 3. The Labute approximate surface area is 78.1 Å². The maximum atomic E-state index is 10.3. The molecule has 0 fully saturated rings. The molecule has 0 saturated carbocycles. The Hall–Kier alpha value is -0.950. The molecular weight excluding hydrogens is 200 g/mol. The van der Waals surface area contributed by atoms with Crippen LogP contribution in [0.25, 0.3) is 0 Å². The average Bonchev–Trinajstić information content (AvgIpc) is 2.00. The number of halogens is 1. The van der Waals surface area contributed by atoms with Gasteiger partial charge in [0.2, 0.25) is 5.79 Å². The van der Waals surface area contributed by atoms with E-state index < -0.39 is 21.8 Å². The Morgan fingerprint density at radius 1 is 1.69 bits per heavy atom. The van der Waals surface area contributed by atoms with Gasteiger partial charge >= 0.3 is 0 Å². The van der Waals surface area contributed by atoms with Crippen LogP contribution in [0.15, 0.2) is 22.9 Å². The molecule has 0 bridgehead atoms. The van der Waals surface area contributed by atoms with Crippen molar-refractivity contribution in [3.8, 4) is 0 Å². The number of nitrogens with two attached hydrogens (primary N) is 1. The number of nitrogens with zero attached hydrogens (tertiary/aromatic N) is 1. The van der Waals surface area contributed by atoms with E-state index >= 15 is 0 Å². The van der Waals surface area contributed by atoms with Crippen molar-refractivity contribution in [1.29, 1.82) is 0 Å². The molecule has 0 amide bonds. The van der Waals surface area contributed by atoms with Gasteiger partial charge in [-0.2, -0.15) is 0 Å². The van der Waals surface area contributed by atoms with Crippen molar-refractivity contribution in [2.45, 2.75) is 11.8 Å². The zero-order valence-electron chi connectivity index (χ0n) is 6.35. The predicted molar refractivity (Wildman–Crippen MR) is 44.2 cm³/mol. The lowest BCUT2D eigenvalue weighted by atomic mass is 10.0. The summed E-state index contributed by atoms with van der Waals surface area (Å²) < 4.78 is 0. The molecule has 72 valence electrons. The van der Waals surface area contributed by atoms with Crippen LogP contribution in [0.4, 0.5) is 0 Å². The summed E-state index contributed by atoms with van der Waals surface area (Å²) in [7, 11) is 0. The first-order valence-electron chi connectivity index (χ1n) is 3.30. The first-order chi connectivity index (χ1) is 5.85. The maximum absolute atomic E-state index is 10.3. The minimum atomic E-state index is -2.42. The van der Waals surface area contributed by atoms with E-state index in [1.807, 2.05) is 0 Å². The van der Waals surface area contributed by atoms with E-state index in [0.717, 1.165) is 12.2 Å². The van der Waals surface area contributed by atoms with Crippen LogP contribution in [-0.2, 0) is 0 Å². The summed E-state index contributed by atoms with van der Waals surface area (Å²) in [5, 5.41) is 28.2. The molecular formula is C6H7ClN2O4. The van der Waals surface area contributed by atoms with Crippen LogP contribution in [0, 0.1) is 10.1 Å². The Kier molecular flexibility index (Phi) is 2.40. The van der Waals surface area contributed by atoms with E-state index in [1.165, 1.54) is 0 Å². The molecule has 1 unspecified atom stereocenters. The van der Waals surface area contributed by atoms with Gasteiger partial charge in [0.15, 0.2) is 0 Å². The number of aliphatic hydroxyl groups is 2. The maximum Gasteiger partial charge on any atom is 0.268 e. The van der Waals surface area contributed by atoms with Crippen LogP contribution < -0.4 is 5.73 Å². The van der Waals surface area contributed by atoms with Crippen LogP contribution in [0.1, 0.15) is 0 Å². The van der Waals surface area contributed by atoms with Gasteiger partial charge in [-0.25, -0.2) is 0 Å². The first kappa shape index (κ1) is 10.1. The zero-order valence-corrected chi connectivity index (χ0v) is 7.10. The molecule has 6 nitrogen and oxygen atoms in total. The highest BCUT2D eigenvalue weighted by Gasteiger charge is 2.39. The van der Waals surface area contributed by atoms with Gasteiger partial charge in [0.25, 0.3) is 5.70 Å². The molecule has 1 aliphatic carbocycles. The Bertz CT molecular complexity index is 310. The summed E-state index contributed by atoms with van der Waals surface area (Å²) in [6.45, 7) is 0. The lowest BCUT2D eigenvalue weighted by Crippen LogP contribution is -2.49. The summed E-state index contributed by atoms with van der Waals surface area (Å²) >= 11 is 5.38. The van der Waals surface area contributed by atoms with E-state index in [0.29, 0.717) is 0 Å². The molecule has 0 radical (unpaired) electrons. The van der Waals surface area contributed by atoms with Crippen molar-refractivity contribution in [3.63, 3.8) is 0 Å². The summed E-state index contributed by atoms with van der Waals surface area (Å²) in [5.41, 5.74) is 4.87. The highest BCUT2D eigenvalue weighted by atomic mass is 35.5. The third kappa shape index (κ3) is 1.70. The van der Waals surface area contributed by atoms with Crippen molar-refractivity contribution in [1.82, 2.24) is 0 Å². The fraction of sp³-hybridized carbons (Fsp3) is 0.333. The highest BCUT2D eigenvalue weighted by molar-refractivity contribution is 6.30. The molecule has 0 aromatic carbocycles. The fourth-order valence-corrected chi connectivity index (χ4v) is 1.09. The van der Waals surface area contributed by atoms with Crippen LogP contribution in [0.2, 0.25) is 0 Å². The van der Waals surface area contributed by atoms with Crippen LogP contribution >= 0.6 is 11.6 Å². The minimum absolute atomic E-state index is 0.351. The second-order valence-corrected chi connectivity index (χ2v) is 3.00. The molecule has 0 aromatic heterocycles. The smallest absolute Gasteiger partial charge is 0.268 e. The Balaban J connectivity index is 3.07. The lowest BCUT2D eigenvalue weighted by molar-refractivity contribution is -0.420. The van der Waals surface area contributed by atoms with Crippen molar-refractivity contribution in [2.24, 2.45) is 5.73 Å². The van der Waals surface area contributed by atoms with Crippen molar-refractivity contribution in [3.05, 3.63) is 33.0 Å². The molecule has 1 rings (SSSR count). The molecule has 0 saturated heterocycles. The number of allylic oxidation sites excluding steroid dienone is 1. The Morgan fingerprint density at radius 3 is 2.62 bits per heavy atom. The monoisotopic (exact) mass is 206 g/mol. The molecule has 0 aliphatic heterocycles. The van der Waals surface area contributed by atoms with Gasteiger partial charge in [0, 0.05) is 12.2 Å². The molecule has 13 heavy (non-hydrogen) atoms. The second-order valence-electron chi connectivity index (χ2n) is 2.59. The van der Waals surface area contributed by atoms with Gasteiger partial charge in [-0.1, -0.05) is 11.6 Å². The van der Waals surface area contributed by atoms with Crippen LogP contribution in [0.5, 0.6) is 0 Å². The van der Waals surface area contributed by atoms with Gasteiger partial charge in [-0.15, -0.1) is 0 Å². The van der Waals surface area contributed by atoms with E-state index in [9.17, 15) is 20.3 Å². The van der Waals surface area contributed by atoms with E-state index in [4.69, 9.17) is 17.3 Å². The number of nitro groups is 1. The molecule has 4 N–H and O–H groups in total. The van der Waals surface area contributed by atoms with Crippen molar-refractivity contribution >= 4 is 11.6 Å². The van der Waals surface area contributed by atoms with Crippen LogP contribution in [0.3, 0.4) is 0 Å². The molecule has 0 spiro atoms. The molecule has 7 heteroatoms. The first-order valence-corrected chi connectivity index (χ1v) is 3.67. The van der Waals surface area contributed by atoms with Crippen molar-refractivity contribution in [2.75, 3.05) is 0 Å². The largest absolute Gasteiger partial charge is 0.360 e. The van der Waals surface area contributed by atoms with Gasteiger partial charge in [-0.05, 0) is 0 Å². The summed E-state index contributed by atoms with van der Waals surface area (Å²) in [6, 6.07) is -1.30. The molecule has 1 atom stereocenters. The van der Waals surface area contributed by atoms with Crippen molar-refractivity contribution < 1.29 is 15.1 Å². The highest BCUT2D eigenvalue weighted by Crippen LogP contribution is 2.28. The molecule has 0 aromatic rings. The molecule has 0 heterocycles. The summed E-state index contributed by atoms with van der Waals surface area (Å²) in [6.07, 6.45) is 1.77. The number of rotatable bonds is 1. The van der Waals surface area contributed by atoms with Gasteiger partial charge in [0.05, 0.1) is 16.0 Å². The Morgan fingerprint density at radius 2 is 2.23 bits per heavy atom. The normalized spacial score (nSPS) is 26.3. The lowest BCUT2D eigenvalue weighted by Gasteiger charge is -2.27. The van der Waals surface area contributed by atoms with Gasteiger partial charge < -0.3 is 15.9 Å². The summed E-state index contributed by atoms with van der Waals surface area (Å²) in [5.74, 6) is -2.42. The van der Waals surface area contributed by atoms with Gasteiger partial charge in [-0.3, -0.25) is 10.1 Å². The third-order valence-electron chi connectivity index (χ3n) is 1.65. The zero-order chi connectivity index (χ0) is 10.2. The second kappa shape index (κ2) is 3.08. The minimum Gasteiger partial charge on any atom is -0.360 e. The topological polar surface area (TPSA) is 110 Å². The fourth-order valence-electron chi connectivity index (χ4n) is 0.857. The predicted octanol–water partition coefficient (Wildman–Crippen LogP) is -0.708. The SMILES string of the molecule is NC1C=C([N+](=O)[O-])C=C(Cl)C1(O)O. The summed E-state index contributed by atoms with van der Waals surface area (Å²) in [4.78, 5) is 9.56. The molecule has 1 aliphatic rings. The number of hydrogen-bond acceptors (Lipinski definition) is 5. The standard InChI is InChI=1S/C6H7ClN2O4/c7-4-1-3(9(12)13)2-5(8)6(4,10)11/h1-2,5,10-11H,8H2. The quantitative estimate of drug-likeness (QED) is 0.298. The third-order valence-corrected chi connectivity index (χ3v) is 2.04. The van der Waals surface area contributed by atoms with E-state index in [1.54, 1.807) is 0 Å². The van der Waals surface area contributed by atoms with Crippen LogP contribution in [-0.4, -0.2) is 27.0 Å². The van der Waals surface area contributed by atoms with Gasteiger partial charge in [0.1, 0.15) is 0 Å².